The highest BCUT2D eigenvalue weighted by molar-refractivity contribution is 5.82. The lowest BCUT2D eigenvalue weighted by Gasteiger charge is -2.16. The van der Waals surface area contributed by atoms with Crippen molar-refractivity contribution in [3.05, 3.63) is 51.3 Å². The first-order valence-corrected chi connectivity index (χ1v) is 10.7. The van der Waals surface area contributed by atoms with Crippen molar-refractivity contribution < 1.29 is 18.0 Å². The van der Waals surface area contributed by atoms with Crippen LogP contribution in [0.2, 0.25) is 0 Å². The molecule has 0 unspecified atom stereocenters. The average Bonchev–Trinajstić information content (AvgIpc) is 3.16. The minimum Gasteiger partial charge on any atom is -0.359 e. The first kappa shape index (κ1) is 24.4. The second kappa shape index (κ2) is 9.72. The fourth-order valence-corrected chi connectivity index (χ4v) is 3.68. The van der Waals surface area contributed by atoms with E-state index in [-0.39, 0.29) is 29.1 Å². The molecule has 1 aromatic carbocycles. The minimum absolute atomic E-state index is 0.00492. The molecule has 0 aliphatic carbocycles. The highest BCUT2D eigenvalue weighted by Gasteiger charge is 2.31. The maximum absolute atomic E-state index is 12.9. The molecule has 4 rings (SSSR count). The van der Waals surface area contributed by atoms with Crippen molar-refractivity contribution >= 4 is 16.8 Å². The summed E-state index contributed by atoms with van der Waals surface area (Å²) in [6.45, 7) is 6.61. The maximum atomic E-state index is 12.9. The van der Waals surface area contributed by atoms with Crippen LogP contribution in [0.5, 0.6) is 0 Å². The van der Waals surface area contributed by atoms with Crippen LogP contribution in [-0.4, -0.2) is 37.5 Å². The Kier molecular flexibility index (Phi) is 7.19. The molecule has 178 valence electrons. The van der Waals surface area contributed by atoms with E-state index in [1.807, 2.05) is 6.92 Å². The molecule has 33 heavy (non-hydrogen) atoms. The molecule has 1 amide bonds. The molecule has 0 saturated heterocycles. The van der Waals surface area contributed by atoms with E-state index >= 15 is 0 Å². The van der Waals surface area contributed by atoms with Gasteiger partial charge in [0.1, 0.15) is 17.3 Å². The molecule has 8 nitrogen and oxygen atoms in total. The highest BCUT2D eigenvalue weighted by atomic mass is 19.4. The Labute approximate surface area is 188 Å². The molecule has 1 aliphatic heterocycles. The molecular formula is C22H27F3N6O2. The number of benzene rings is 1. The number of nitrogens with zero attached hydrogens (tertiary/aromatic N) is 5. The molecule has 0 spiro atoms. The van der Waals surface area contributed by atoms with E-state index < -0.39 is 23.1 Å². The third-order valence-corrected chi connectivity index (χ3v) is 5.45. The molecule has 1 N–H and O–H groups in total. The zero-order chi connectivity index (χ0) is 24.3. The van der Waals surface area contributed by atoms with Gasteiger partial charge in [-0.25, -0.2) is 0 Å². The van der Waals surface area contributed by atoms with E-state index in [0.717, 1.165) is 37.0 Å². The van der Waals surface area contributed by atoms with Crippen LogP contribution in [-0.2, 0) is 30.4 Å². The van der Waals surface area contributed by atoms with Gasteiger partial charge in [0.05, 0.1) is 17.5 Å². The summed E-state index contributed by atoms with van der Waals surface area (Å²) in [5.41, 5.74) is -1.28. The Bertz CT molecular complexity index is 1210. The lowest BCUT2D eigenvalue weighted by Crippen LogP contribution is -2.27. The first-order valence-electron chi connectivity index (χ1n) is 10.7. The Hall–Kier alpha value is -3.24. The molecule has 0 saturated carbocycles. The second-order valence-electron chi connectivity index (χ2n) is 8.17. The van der Waals surface area contributed by atoms with Crippen molar-refractivity contribution in [1.29, 1.82) is 0 Å². The summed E-state index contributed by atoms with van der Waals surface area (Å²) in [6.07, 6.45) is -1.06. The molecule has 1 aliphatic rings. The van der Waals surface area contributed by atoms with Gasteiger partial charge in [0.25, 0.3) is 0 Å². The second-order valence-corrected chi connectivity index (χ2v) is 8.17. The number of nitrogens with one attached hydrogen (secondary N) is 1. The van der Waals surface area contributed by atoms with Crippen LogP contribution in [0, 0.1) is 6.92 Å². The lowest BCUT2D eigenvalue weighted by atomic mass is 10.1. The molecule has 0 bridgehead atoms. The van der Waals surface area contributed by atoms with Crippen LogP contribution in [0.3, 0.4) is 0 Å². The Morgan fingerprint density at radius 2 is 1.94 bits per heavy atom. The zero-order valence-electron chi connectivity index (χ0n) is 19.0. The summed E-state index contributed by atoms with van der Waals surface area (Å²) in [5, 5.41) is 14.7. The molecule has 3 aromatic rings. The summed E-state index contributed by atoms with van der Waals surface area (Å²) in [6, 6.07) is 2.63. The number of aromatic nitrogens is 5. The van der Waals surface area contributed by atoms with Gasteiger partial charge < -0.3 is 9.88 Å². The predicted molar refractivity (Wildman–Crippen MR) is 117 cm³/mol. The topological polar surface area (TPSA) is 94.7 Å². The van der Waals surface area contributed by atoms with Gasteiger partial charge in [-0.05, 0) is 51.8 Å². The van der Waals surface area contributed by atoms with E-state index in [4.69, 9.17) is 0 Å². The monoisotopic (exact) mass is 464 g/mol. The summed E-state index contributed by atoms with van der Waals surface area (Å²) in [7, 11) is 1.43. The summed E-state index contributed by atoms with van der Waals surface area (Å²) in [5.74, 6) is 1.84. The number of aryl methyl sites for hydroxylation is 2. The average molecular weight is 464 g/mol. The van der Waals surface area contributed by atoms with E-state index in [9.17, 15) is 22.8 Å². The first-order chi connectivity index (χ1) is 15.5. The fourth-order valence-electron chi connectivity index (χ4n) is 3.68. The SMILES string of the molecule is CNC(=O)Cc1nn(C(C)C)c2cc(C(F)(F)F)ccc2c1=O.Cc1nnc2n1CCCC2. The Balaban J connectivity index is 0.000000252. The molecule has 0 atom stereocenters. The normalized spacial score (nSPS) is 13.5. The van der Waals surface area contributed by atoms with Crippen LogP contribution in [0.1, 0.15) is 55.6 Å². The smallest absolute Gasteiger partial charge is 0.359 e. The van der Waals surface area contributed by atoms with Gasteiger partial charge in [0.2, 0.25) is 11.3 Å². The summed E-state index contributed by atoms with van der Waals surface area (Å²) < 4.78 is 42.2. The van der Waals surface area contributed by atoms with Gasteiger partial charge in [-0.15, -0.1) is 10.2 Å². The standard InChI is InChI=1S/C15H16F3N3O2.C7H11N3/c1-8(2)21-12-6-9(15(16,17)18)4-5-10(12)14(23)11(20-21)7-13(22)19-3;1-6-8-9-7-4-2-3-5-10(6)7/h4-6,8H,7H2,1-3H3,(H,19,22);2-5H2,1H3. The van der Waals surface area contributed by atoms with Crippen molar-refractivity contribution in [3.63, 3.8) is 0 Å². The van der Waals surface area contributed by atoms with Crippen LogP contribution in [0.15, 0.2) is 23.0 Å². The van der Waals surface area contributed by atoms with Crippen molar-refractivity contribution in [2.24, 2.45) is 0 Å². The molecular weight excluding hydrogens is 437 g/mol. The van der Waals surface area contributed by atoms with E-state index in [1.54, 1.807) is 13.8 Å². The molecule has 2 aromatic heterocycles. The van der Waals surface area contributed by atoms with Gasteiger partial charge in [-0.1, -0.05) is 0 Å². The number of fused-ring (bicyclic) bond motifs is 2. The number of carbonyl (C=O) groups excluding carboxylic acids is 1. The molecule has 3 heterocycles. The third kappa shape index (κ3) is 5.40. The van der Waals surface area contributed by atoms with Crippen molar-refractivity contribution in [2.45, 2.75) is 65.2 Å². The number of alkyl halides is 3. The number of halogens is 3. The highest BCUT2D eigenvalue weighted by Crippen LogP contribution is 2.31. The van der Waals surface area contributed by atoms with Crippen LogP contribution in [0.25, 0.3) is 10.9 Å². The van der Waals surface area contributed by atoms with Crippen molar-refractivity contribution in [2.75, 3.05) is 7.05 Å². The largest absolute Gasteiger partial charge is 0.416 e. The van der Waals surface area contributed by atoms with Crippen LogP contribution in [0.4, 0.5) is 13.2 Å². The summed E-state index contributed by atoms with van der Waals surface area (Å²) in [4.78, 5) is 23.9. The Morgan fingerprint density at radius 1 is 1.21 bits per heavy atom. The zero-order valence-corrected chi connectivity index (χ0v) is 19.0. The third-order valence-electron chi connectivity index (χ3n) is 5.45. The number of carbonyl (C=O) groups is 1. The quantitative estimate of drug-likeness (QED) is 0.642. The van der Waals surface area contributed by atoms with Gasteiger partial charge >= 0.3 is 6.18 Å². The maximum Gasteiger partial charge on any atom is 0.416 e. The lowest BCUT2D eigenvalue weighted by molar-refractivity contribution is -0.137. The van der Waals surface area contributed by atoms with Crippen molar-refractivity contribution in [3.8, 4) is 0 Å². The predicted octanol–water partition coefficient (Wildman–Crippen LogP) is 3.21. The number of hydrogen-bond donors (Lipinski definition) is 1. The number of rotatable bonds is 3. The van der Waals surface area contributed by atoms with E-state index in [0.29, 0.717) is 0 Å². The van der Waals surface area contributed by atoms with Gasteiger partial charge in [-0.2, -0.15) is 18.3 Å². The molecule has 11 heteroatoms. The molecule has 0 fully saturated rings. The summed E-state index contributed by atoms with van der Waals surface area (Å²) >= 11 is 0. The van der Waals surface area contributed by atoms with Crippen molar-refractivity contribution in [1.82, 2.24) is 29.9 Å². The van der Waals surface area contributed by atoms with Gasteiger partial charge in [-0.3, -0.25) is 14.3 Å². The van der Waals surface area contributed by atoms with E-state index in [1.165, 1.54) is 30.4 Å². The van der Waals surface area contributed by atoms with Gasteiger partial charge in [0.15, 0.2) is 0 Å². The van der Waals surface area contributed by atoms with E-state index in [2.05, 4.69) is 25.2 Å². The Morgan fingerprint density at radius 3 is 2.55 bits per heavy atom. The number of amides is 1. The number of likely N-dealkylation sites (N-methyl/N-ethyl adjacent to an activating group) is 1. The van der Waals surface area contributed by atoms with Gasteiger partial charge in [0, 0.05) is 31.4 Å². The van der Waals surface area contributed by atoms with Crippen LogP contribution >= 0.6 is 0 Å². The molecule has 0 radical (unpaired) electrons. The number of hydrogen-bond acceptors (Lipinski definition) is 5. The minimum atomic E-state index is -4.51. The van der Waals surface area contributed by atoms with Crippen LogP contribution < -0.4 is 10.7 Å². The fraction of sp³-hybridized carbons (Fsp3) is 0.500.